The number of amides is 2. The molecule has 2 amide bonds. The van der Waals surface area contributed by atoms with Crippen LogP contribution in [0, 0.1) is 0 Å². The smallest absolute Gasteiger partial charge is 0.241 e. The van der Waals surface area contributed by atoms with E-state index in [0.717, 1.165) is 30.8 Å². The Morgan fingerprint density at radius 3 is 2.28 bits per heavy atom. The fourth-order valence-corrected chi connectivity index (χ4v) is 1.98. The number of anilines is 2. The van der Waals surface area contributed by atoms with Crippen molar-refractivity contribution in [2.45, 2.75) is 25.8 Å². The molecule has 2 rings (SSSR count). The summed E-state index contributed by atoms with van der Waals surface area (Å²) in [6.45, 7) is 2.36. The molecule has 1 aromatic carbocycles. The fourth-order valence-electron chi connectivity index (χ4n) is 1.98. The molecule has 5 heteroatoms. The van der Waals surface area contributed by atoms with Crippen molar-refractivity contribution in [3.8, 4) is 0 Å². The molecule has 5 nitrogen and oxygen atoms in total. The normalized spacial score (nSPS) is 18.4. The Labute approximate surface area is 106 Å². The van der Waals surface area contributed by atoms with E-state index in [-0.39, 0.29) is 17.9 Å². The number of hydrogen-bond acceptors (Lipinski definition) is 3. The average Bonchev–Trinajstić information content (AvgIpc) is 2.84. The van der Waals surface area contributed by atoms with Crippen molar-refractivity contribution in [2.75, 3.05) is 17.2 Å². The van der Waals surface area contributed by atoms with Gasteiger partial charge in [-0.2, -0.15) is 0 Å². The van der Waals surface area contributed by atoms with Crippen LogP contribution in [-0.2, 0) is 9.59 Å². The first kappa shape index (κ1) is 12.6. The Hall–Kier alpha value is -1.88. The van der Waals surface area contributed by atoms with Gasteiger partial charge in [0.15, 0.2) is 0 Å². The molecule has 0 aliphatic carbocycles. The summed E-state index contributed by atoms with van der Waals surface area (Å²) in [5.74, 6) is -0.110. The third-order valence-corrected chi connectivity index (χ3v) is 2.85. The molecule has 18 heavy (non-hydrogen) atoms. The standard InChI is InChI=1S/C13H17N3O2/c1-9(17)15-10-4-6-11(7-5-10)16-13(18)12-3-2-8-14-12/h4-7,12,14H,2-3,8H2,1H3,(H,15,17)(H,16,18). The molecule has 1 aliphatic rings. The molecule has 1 aliphatic heterocycles. The third-order valence-electron chi connectivity index (χ3n) is 2.85. The Balaban J connectivity index is 1.93. The molecule has 1 heterocycles. The minimum atomic E-state index is -0.109. The molecule has 0 bridgehead atoms. The van der Waals surface area contributed by atoms with E-state index in [1.165, 1.54) is 6.92 Å². The highest BCUT2D eigenvalue weighted by molar-refractivity contribution is 5.95. The number of carbonyl (C=O) groups is 2. The lowest BCUT2D eigenvalue weighted by molar-refractivity contribution is -0.118. The average molecular weight is 247 g/mol. The molecule has 3 N–H and O–H groups in total. The van der Waals surface area contributed by atoms with E-state index < -0.39 is 0 Å². The van der Waals surface area contributed by atoms with Gasteiger partial charge < -0.3 is 16.0 Å². The van der Waals surface area contributed by atoms with Crippen LogP contribution in [0.1, 0.15) is 19.8 Å². The molecule has 96 valence electrons. The Morgan fingerprint density at radius 1 is 1.17 bits per heavy atom. The van der Waals surface area contributed by atoms with Gasteiger partial charge in [-0.25, -0.2) is 0 Å². The highest BCUT2D eigenvalue weighted by atomic mass is 16.2. The van der Waals surface area contributed by atoms with E-state index >= 15 is 0 Å². The molecular weight excluding hydrogens is 230 g/mol. The summed E-state index contributed by atoms with van der Waals surface area (Å²) in [7, 11) is 0. The summed E-state index contributed by atoms with van der Waals surface area (Å²) in [5, 5.41) is 8.67. The number of carbonyl (C=O) groups excluding carboxylic acids is 2. The zero-order valence-electron chi connectivity index (χ0n) is 10.3. The maximum absolute atomic E-state index is 11.8. The minimum Gasteiger partial charge on any atom is -0.326 e. The van der Waals surface area contributed by atoms with E-state index in [4.69, 9.17) is 0 Å². The first-order valence-electron chi connectivity index (χ1n) is 6.07. The van der Waals surface area contributed by atoms with Gasteiger partial charge >= 0.3 is 0 Å². The number of rotatable bonds is 3. The second kappa shape index (κ2) is 5.64. The summed E-state index contributed by atoms with van der Waals surface area (Å²) in [6.07, 6.45) is 1.93. The molecule has 1 saturated heterocycles. The lowest BCUT2D eigenvalue weighted by atomic mass is 10.2. The van der Waals surface area contributed by atoms with Crippen molar-refractivity contribution in [3.05, 3.63) is 24.3 Å². The molecular formula is C13H17N3O2. The fraction of sp³-hybridized carbons (Fsp3) is 0.385. The summed E-state index contributed by atoms with van der Waals surface area (Å²) in [6, 6.07) is 6.99. The first-order chi connectivity index (χ1) is 8.65. The van der Waals surface area contributed by atoms with Crippen LogP contribution in [0.5, 0.6) is 0 Å². The third kappa shape index (κ3) is 3.30. The Bertz CT molecular complexity index is 436. The number of hydrogen-bond donors (Lipinski definition) is 3. The molecule has 1 unspecified atom stereocenters. The maximum Gasteiger partial charge on any atom is 0.241 e. The van der Waals surface area contributed by atoms with Gasteiger partial charge in [-0.05, 0) is 43.7 Å². The van der Waals surface area contributed by atoms with Crippen molar-refractivity contribution in [2.24, 2.45) is 0 Å². The Morgan fingerprint density at radius 2 is 1.78 bits per heavy atom. The lowest BCUT2D eigenvalue weighted by Gasteiger charge is -2.11. The van der Waals surface area contributed by atoms with Gasteiger partial charge in [0.2, 0.25) is 11.8 Å². The summed E-state index contributed by atoms with van der Waals surface area (Å²) >= 11 is 0. The highest BCUT2D eigenvalue weighted by Gasteiger charge is 2.21. The zero-order chi connectivity index (χ0) is 13.0. The van der Waals surface area contributed by atoms with Crippen LogP contribution in [0.25, 0.3) is 0 Å². The lowest BCUT2D eigenvalue weighted by Crippen LogP contribution is -2.35. The van der Waals surface area contributed by atoms with Crippen molar-refractivity contribution in [1.82, 2.24) is 5.32 Å². The molecule has 0 radical (unpaired) electrons. The topological polar surface area (TPSA) is 70.2 Å². The van der Waals surface area contributed by atoms with Gasteiger partial charge in [0.1, 0.15) is 0 Å². The first-order valence-corrected chi connectivity index (χ1v) is 6.07. The van der Waals surface area contributed by atoms with E-state index in [2.05, 4.69) is 16.0 Å². The molecule has 0 aromatic heterocycles. The van der Waals surface area contributed by atoms with Crippen molar-refractivity contribution >= 4 is 23.2 Å². The van der Waals surface area contributed by atoms with Crippen LogP contribution in [0.3, 0.4) is 0 Å². The van der Waals surface area contributed by atoms with Gasteiger partial charge in [0, 0.05) is 18.3 Å². The van der Waals surface area contributed by atoms with Gasteiger partial charge in [-0.15, -0.1) is 0 Å². The number of benzene rings is 1. The summed E-state index contributed by atoms with van der Waals surface area (Å²) in [5.41, 5.74) is 1.46. The second-order valence-electron chi connectivity index (χ2n) is 4.40. The van der Waals surface area contributed by atoms with Crippen LogP contribution in [-0.4, -0.2) is 24.4 Å². The monoisotopic (exact) mass is 247 g/mol. The van der Waals surface area contributed by atoms with E-state index in [0.29, 0.717) is 0 Å². The van der Waals surface area contributed by atoms with E-state index in [9.17, 15) is 9.59 Å². The van der Waals surface area contributed by atoms with Crippen LogP contribution in [0.2, 0.25) is 0 Å². The molecule has 1 atom stereocenters. The molecule has 1 aromatic rings. The van der Waals surface area contributed by atoms with Gasteiger partial charge in [0.05, 0.1) is 6.04 Å². The molecule has 0 spiro atoms. The summed E-state index contributed by atoms with van der Waals surface area (Å²) < 4.78 is 0. The van der Waals surface area contributed by atoms with Crippen LogP contribution in [0.15, 0.2) is 24.3 Å². The predicted octanol–water partition coefficient (Wildman–Crippen LogP) is 1.34. The second-order valence-corrected chi connectivity index (χ2v) is 4.40. The van der Waals surface area contributed by atoms with Gasteiger partial charge in [-0.1, -0.05) is 0 Å². The van der Waals surface area contributed by atoms with Gasteiger partial charge in [0.25, 0.3) is 0 Å². The molecule has 0 saturated carbocycles. The maximum atomic E-state index is 11.8. The SMILES string of the molecule is CC(=O)Nc1ccc(NC(=O)C2CCCN2)cc1. The minimum absolute atomic E-state index is 0.000206. The van der Waals surface area contributed by atoms with Crippen LogP contribution >= 0.6 is 0 Å². The van der Waals surface area contributed by atoms with E-state index in [1.807, 2.05) is 0 Å². The van der Waals surface area contributed by atoms with E-state index in [1.54, 1.807) is 24.3 Å². The highest BCUT2D eigenvalue weighted by Crippen LogP contribution is 2.15. The summed E-state index contributed by atoms with van der Waals surface area (Å²) in [4.78, 5) is 22.7. The molecule has 1 fully saturated rings. The van der Waals surface area contributed by atoms with Crippen molar-refractivity contribution in [1.29, 1.82) is 0 Å². The number of nitrogens with one attached hydrogen (secondary N) is 3. The van der Waals surface area contributed by atoms with Gasteiger partial charge in [-0.3, -0.25) is 9.59 Å². The van der Waals surface area contributed by atoms with Crippen LogP contribution < -0.4 is 16.0 Å². The predicted molar refractivity (Wildman–Crippen MR) is 70.4 cm³/mol. The quantitative estimate of drug-likeness (QED) is 0.754. The van der Waals surface area contributed by atoms with Crippen LogP contribution in [0.4, 0.5) is 11.4 Å². The van der Waals surface area contributed by atoms with Crippen molar-refractivity contribution in [3.63, 3.8) is 0 Å². The Kier molecular flexibility index (Phi) is 3.94. The largest absolute Gasteiger partial charge is 0.326 e. The van der Waals surface area contributed by atoms with Crippen molar-refractivity contribution < 1.29 is 9.59 Å². The zero-order valence-corrected chi connectivity index (χ0v) is 10.3.